The monoisotopic (exact) mass is 548 g/mol. The Kier molecular flexibility index (Phi) is 8.46. The van der Waals surface area contributed by atoms with Gasteiger partial charge >= 0.3 is 11.9 Å². The van der Waals surface area contributed by atoms with Crippen LogP contribution < -0.4 is 29.1 Å². The highest BCUT2D eigenvalue weighted by Crippen LogP contribution is 2.32. The lowest BCUT2D eigenvalue weighted by atomic mass is 9.96. The first kappa shape index (κ1) is 27.6. The molecule has 0 spiro atoms. The van der Waals surface area contributed by atoms with Gasteiger partial charge in [0, 0.05) is 6.92 Å². The number of nitrogens with zero attached hydrogens (tertiary/aromatic N) is 2. The van der Waals surface area contributed by atoms with Crippen LogP contribution in [0.15, 0.2) is 76.2 Å². The Morgan fingerprint density at radius 2 is 1.90 bits per heavy atom. The summed E-state index contributed by atoms with van der Waals surface area (Å²) in [5, 5.41) is 0. The van der Waals surface area contributed by atoms with Crippen molar-refractivity contribution in [1.82, 2.24) is 4.57 Å². The zero-order chi connectivity index (χ0) is 28.1. The molecule has 1 atom stereocenters. The molecule has 3 aromatic rings. The Bertz CT molecular complexity index is 1630. The second-order valence-corrected chi connectivity index (χ2v) is 9.48. The summed E-state index contributed by atoms with van der Waals surface area (Å²) < 4.78 is 23.4. The zero-order valence-corrected chi connectivity index (χ0v) is 22.9. The van der Waals surface area contributed by atoms with Crippen molar-refractivity contribution in [2.75, 3.05) is 20.3 Å². The molecule has 4 rings (SSSR count). The summed E-state index contributed by atoms with van der Waals surface area (Å²) in [5.74, 6) is 0.261. The van der Waals surface area contributed by atoms with Crippen LogP contribution in [0.1, 0.15) is 37.9 Å². The minimum atomic E-state index is -0.739. The summed E-state index contributed by atoms with van der Waals surface area (Å²) in [7, 11) is 1.47. The molecule has 1 aromatic heterocycles. The molecule has 0 unspecified atom stereocenters. The van der Waals surface area contributed by atoms with Crippen LogP contribution in [-0.2, 0) is 14.3 Å². The van der Waals surface area contributed by atoms with E-state index in [9.17, 15) is 14.4 Å². The highest BCUT2D eigenvalue weighted by molar-refractivity contribution is 7.07. The Morgan fingerprint density at radius 3 is 2.54 bits per heavy atom. The van der Waals surface area contributed by atoms with Gasteiger partial charge in [0.2, 0.25) is 0 Å². The fourth-order valence-corrected chi connectivity index (χ4v) is 5.22. The Hall–Kier alpha value is -4.44. The summed E-state index contributed by atoms with van der Waals surface area (Å²) in [6, 6.07) is 11.4. The van der Waals surface area contributed by atoms with E-state index in [-0.39, 0.29) is 17.9 Å². The van der Waals surface area contributed by atoms with E-state index in [2.05, 4.69) is 11.6 Å². The van der Waals surface area contributed by atoms with Crippen molar-refractivity contribution < 1.29 is 28.5 Å². The molecule has 0 saturated heterocycles. The van der Waals surface area contributed by atoms with Gasteiger partial charge in [0.1, 0.15) is 12.4 Å². The number of benzene rings is 2. The van der Waals surface area contributed by atoms with E-state index in [0.29, 0.717) is 49.8 Å². The first-order valence-corrected chi connectivity index (χ1v) is 13.0. The molecule has 0 N–H and O–H groups in total. The maximum atomic E-state index is 13.8. The average molecular weight is 549 g/mol. The van der Waals surface area contributed by atoms with E-state index in [1.807, 2.05) is 12.1 Å². The van der Waals surface area contributed by atoms with Gasteiger partial charge in [-0.25, -0.2) is 9.79 Å². The number of esters is 2. The number of carbonyl (C=O) groups is 2. The van der Waals surface area contributed by atoms with Crippen molar-refractivity contribution in [2.24, 2.45) is 4.99 Å². The molecule has 10 heteroatoms. The summed E-state index contributed by atoms with van der Waals surface area (Å²) in [5.41, 5.74) is 1.83. The zero-order valence-electron chi connectivity index (χ0n) is 22.1. The molecule has 0 saturated carbocycles. The number of methoxy groups -OCH3 is 1. The van der Waals surface area contributed by atoms with Crippen molar-refractivity contribution in [3.63, 3.8) is 0 Å². The normalized spacial score (nSPS) is 14.8. The second-order valence-electron chi connectivity index (χ2n) is 8.47. The largest absolute Gasteiger partial charge is 0.493 e. The van der Waals surface area contributed by atoms with Crippen LogP contribution in [0.2, 0.25) is 0 Å². The molecule has 0 aliphatic carbocycles. The number of ether oxygens (including phenoxy) is 4. The summed E-state index contributed by atoms with van der Waals surface area (Å²) in [6.45, 7) is 8.96. The molecule has 0 fully saturated rings. The molecule has 2 aromatic carbocycles. The summed E-state index contributed by atoms with van der Waals surface area (Å²) in [4.78, 5) is 43.3. The first-order chi connectivity index (χ1) is 18.8. The van der Waals surface area contributed by atoms with Crippen molar-refractivity contribution in [1.29, 1.82) is 0 Å². The van der Waals surface area contributed by atoms with E-state index in [4.69, 9.17) is 18.9 Å². The van der Waals surface area contributed by atoms with Gasteiger partial charge in [0.25, 0.3) is 5.56 Å². The molecular formula is C29H28N2O7S. The lowest BCUT2D eigenvalue weighted by molar-refractivity contribution is -0.139. The SMILES string of the molecule is C=CCOc1ccc([C@@H]2C(C(=O)OCC)=C(C)N=c3s/c(=C\c4ccc(OC(C)=O)c(OC)c4)c(=O)n32)cc1. The van der Waals surface area contributed by atoms with Crippen LogP contribution >= 0.6 is 11.3 Å². The van der Waals surface area contributed by atoms with Crippen LogP contribution in [0.25, 0.3) is 6.08 Å². The fraction of sp³-hybridized carbons (Fsp3) is 0.241. The molecule has 2 heterocycles. The van der Waals surface area contributed by atoms with Crippen LogP contribution in [0.5, 0.6) is 17.2 Å². The van der Waals surface area contributed by atoms with Crippen LogP contribution in [0.3, 0.4) is 0 Å². The summed E-state index contributed by atoms with van der Waals surface area (Å²) >= 11 is 1.21. The van der Waals surface area contributed by atoms with E-state index in [0.717, 1.165) is 0 Å². The van der Waals surface area contributed by atoms with E-state index in [1.54, 1.807) is 56.3 Å². The molecule has 0 bridgehead atoms. The minimum Gasteiger partial charge on any atom is -0.493 e. The smallest absolute Gasteiger partial charge is 0.338 e. The lowest BCUT2D eigenvalue weighted by Crippen LogP contribution is -2.39. The number of aromatic nitrogens is 1. The van der Waals surface area contributed by atoms with Crippen LogP contribution in [0, 0.1) is 0 Å². The third-order valence-corrected chi connectivity index (χ3v) is 6.80. The van der Waals surface area contributed by atoms with E-state index >= 15 is 0 Å². The van der Waals surface area contributed by atoms with E-state index < -0.39 is 18.0 Å². The molecule has 1 aliphatic heterocycles. The van der Waals surface area contributed by atoms with Crippen LogP contribution in [0.4, 0.5) is 0 Å². The topological polar surface area (TPSA) is 105 Å². The highest BCUT2D eigenvalue weighted by Gasteiger charge is 2.33. The molecule has 39 heavy (non-hydrogen) atoms. The highest BCUT2D eigenvalue weighted by atomic mass is 32.1. The molecule has 0 amide bonds. The third kappa shape index (κ3) is 5.85. The predicted octanol–water partition coefficient (Wildman–Crippen LogP) is 3.30. The van der Waals surface area contributed by atoms with Crippen molar-refractivity contribution in [2.45, 2.75) is 26.8 Å². The lowest BCUT2D eigenvalue weighted by Gasteiger charge is -2.24. The number of thiazole rings is 1. The second kappa shape index (κ2) is 12.0. The van der Waals surface area contributed by atoms with Gasteiger partial charge in [-0.2, -0.15) is 0 Å². The van der Waals surface area contributed by atoms with Gasteiger partial charge in [-0.05, 0) is 55.3 Å². The predicted molar refractivity (Wildman–Crippen MR) is 147 cm³/mol. The number of allylic oxidation sites excluding steroid dienone is 1. The molecule has 1 aliphatic rings. The van der Waals surface area contributed by atoms with Gasteiger partial charge in [-0.15, -0.1) is 0 Å². The Balaban J connectivity index is 1.85. The minimum absolute atomic E-state index is 0.187. The van der Waals surface area contributed by atoms with Crippen molar-refractivity contribution in [3.05, 3.63) is 97.2 Å². The van der Waals surface area contributed by atoms with Crippen LogP contribution in [-0.4, -0.2) is 36.8 Å². The number of hydrogen-bond acceptors (Lipinski definition) is 9. The van der Waals surface area contributed by atoms with E-state index in [1.165, 1.54) is 29.9 Å². The third-order valence-electron chi connectivity index (χ3n) is 5.82. The number of rotatable bonds is 9. The maximum absolute atomic E-state index is 13.8. The van der Waals surface area contributed by atoms with Crippen molar-refractivity contribution in [3.8, 4) is 17.2 Å². The number of fused-ring (bicyclic) bond motifs is 1. The first-order valence-electron chi connectivity index (χ1n) is 12.2. The van der Waals surface area contributed by atoms with Crippen molar-refractivity contribution >= 4 is 29.4 Å². The molecule has 9 nitrogen and oxygen atoms in total. The Labute approximate surface area is 228 Å². The Morgan fingerprint density at radius 1 is 1.15 bits per heavy atom. The molecular weight excluding hydrogens is 520 g/mol. The molecule has 202 valence electrons. The quantitative estimate of drug-likeness (QED) is 0.230. The average Bonchev–Trinajstić information content (AvgIpc) is 3.21. The summed E-state index contributed by atoms with van der Waals surface area (Å²) in [6.07, 6.45) is 3.35. The van der Waals surface area contributed by atoms with Gasteiger partial charge < -0.3 is 18.9 Å². The fourth-order valence-electron chi connectivity index (χ4n) is 4.17. The van der Waals surface area contributed by atoms with Gasteiger partial charge in [0.15, 0.2) is 16.3 Å². The van der Waals surface area contributed by atoms with Gasteiger partial charge in [0.05, 0.1) is 35.6 Å². The number of carbonyl (C=O) groups excluding carboxylic acids is 2. The molecule has 0 radical (unpaired) electrons. The van der Waals surface area contributed by atoms with Gasteiger partial charge in [-0.1, -0.05) is 42.2 Å². The maximum Gasteiger partial charge on any atom is 0.338 e. The standard InChI is InChI=1S/C29H28N2O7S/c1-6-14-37-21-11-9-20(10-12-21)26-25(28(34)36-7-2)17(3)30-29-31(26)27(33)24(39-29)16-19-8-13-22(38-18(4)32)23(15-19)35-5/h6,8-13,15-16,26H,1,7,14H2,2-5H3/b24-16-/t26-/m1/s1. The van der Waals surface area contributed by atoms with Gasteiger partial charge in [-0.3, -0.25) is 14.2 Å². The number of hydrogen-bond donors (Lipinski definition) is 0.